The summed E-state index contributed by atoms with van der Waals surface area (Å²) in [5.74, 6) is 2.08. The maximum Gasteiger partial charge on any atom is 0.244 e. The van der Waals surface area contributed by atoms with Crippen LogP contribution in [0.1, 0.15) is 41.7 Å². The molecule has 26 heavy (non-hydrogen) atoms. The largest absolute Gasteiger partial charge is 0.341 e. The van der Waals surface area contributed by atoms with Crippen molar-refractivity contribution in [1.82, 2.24) is 19.9 Å². The number of hydrogen-bond acceptors (Lipinski definition) is 5. The molecule has 0 radical (unpaired) electrons. The van der Waals surface area contributed by atoms with Gasteiger partial charge in [0.1, 0.15) is 6.04 Å². The van der Waals surface area contributed by atoms with E-state index in [4.69, 9.17) is 4.52 Å². The van der Waals surface area contributed by atoms with E-state index < -0.39 is 0 Å². The van der Waals surface area contributed by atoms with Crippen molar-refractivity contribution in [3.8, 4) is 0 Å². The van der Waals surface area contributed by atoms with Crippen molar-refractivity contribution in [2.45, 2.75) is 39.2 Å². The van der Waals surface area contributed by atoms with E-state index in [9.17, 15) is 4.79 Å². The van der Waals surface area contributed by atoms with Gasteiger partial charge in [0.25, 0.3) is 0 Å². The highest BCUT2D eigenvalue weighted by Crippen LogP contribution is 2.26. The van der Waals surface area contributed by atoms with Gasteiger partial charge in [-0.05, 0) is 45.3 Å². The molecule has 0 N–H and O–H groups in total. The summed E-state index contributed by atoms with van der Waals surface area (Å²) in [6.45, 7) is 5.45. The van der Waals surface area contributed by atoms with Gasteiger partial charge in [-0.25, -0.2) is 0 Å². The fourth-order valence-electron chi connectivity index (χ4n) is 3.71. The highest BCUT2D eigenvalue weighted by Gasteiger charge is 2.31. The number of carbonyl (C=O) groups excluding carboxylic acids is 1. The highest BCUT2D eigenvalue weighted by atomic mass is 16.5. The van der Waals surface area contributed by atoms with Gasteiger partial charge in [-0.3, -0.25) is 9.69 Å². The first-order valence-corrected chi connectivity index (χ1v) is 9.25. The minimum Gasteiger partial charge on any atom is -0.341 e. The number of amides is 1. The van der Waals surface area contributed by atoms with Crippen LogP contribution in [0.15, 0.2) is 28.8 Å². The molecule has 0 spiro atoms. The third-order valence-electron chi connectivity index (χ3n) is 5.08. The summed E-state index contributed by atoms with van der Waals surface area (Å²) < 4.78 is 5.05. The Morgan fingerprint density at radius 1 is 1.31 bits per heavy atom. The predicted molar refractivity (Wildman–Crippen MR) is 99.7 cm³/mol. The van der Waals surface area contributed by atoms with Crippen molar-refractivity contribution < 1.29 is 9.32 Å². The number of piperidine rings is 1. The Morgan fingerprint density at radius 3 is 2.62 bits per heavy atom. The Morgan fingerprint density at radius 2 is 2.04 bits per heavy atom. The summed E-state index contributed by atoms with van der Waals surface area (Å²) in [5, 5.41) is 3.99. The van der Waals surface area contributed by atoms with Crippen LogP contribution < -0.4 is 0 Å². The smallest absolute Gasteiger partial charge is 0.244 e. The molecule has 1 amide bonds. The van der Waals surface area contributed by atoms with Crippen molar-refractivity contribution >= 4 is 5.91 Å². The summed E-state index contributed by atoms with van der Waals surface area (Å²) >= 11 is 0. The zero-order chi connectivity index (χ0) is 18.7. The third-order valence-corrected chi connectivity index (χ3v) is 5.08. The lowest BCUT2D eigenvalue weighted by molar-refractivity contribution is -0.137. The third kappa shape index (κ3) is 4.30. The van der Waals surface area contributed by atoms with E-state index in [1.807, 2.05) is 43.0 Å². The standard InChI is InChI=1S/C20H28N4O2/c1-14-6-5-7-17(12-14)19(23(3)4)20(25)24-10-8-16(9-11-24)13-18-21-15(2)26-22-18/h5-7,12,16,19H,8-11,13H2,1-4H3/t19-/m0/s1. The second kappa shape index (κ2) is 7.99. The molecule has 1 fully saturated rings. The number of carbonyl (C=O) groups is 1. The van der Waals surface area contributed by atoms with E-state index >= 15 is 0 Å². The van der Waals surface area contributed by atoms with Crippen LogP contribution in [0.3, 0.4) is 0 Å². The van der Waals surface area contributed by atoms with Gasteiger partial charge in [0.05, 0.1) is 0 Å². The summed E-state index contributed by atoms with van der Waals surface area (Å²) in [5.41, 5.74) is 2.24. The fraction of sp³-hybridized carbons (Fsp3) is 0.550. The molecule has 3 rings (SSSR count). The monoisotopic (exact) mass is 356 g/mol. The molecule has 1 atom stereocenters. The van der Waals surface area contributed by atoms with Crippen LogP contribution in [-0.4, -0.2) is 53.0 Å². The predicted octanol–water partition coefficient (Wildman–Crippen LogP) is 2.77. The van der Waals surface area contributed by atoms with Crippen LogP contribution in [0.25, 0.3) is 0 Å². The van der Waals surface area contributed by atoms with Gasteiger partial charge in [0, 0.05) is 26.4 Å². The first-order valence-electron chi connectivity index (χ1n) is 9.25. The zero-order valence-electron chi connectivity index (χ0n) is 16.1. The molecule has 140 valence electrons. The molecular weight excluding hydrogens is 328 g/mol. The minimum absolute atomic E-state index is 0.189. The number of benzene rings is 1. The number of aromatic nitrogens is 2. The van der Waals surface area contributed by atoms with Gasteiger partial charge in [0.2, 0.25) is 11.8 Å². The van der Waals surface area contributed by atoms with E-state index in [1.165, 1.54) is 5.56 Å². The quantitative estimate of drug-likeness (QED) is 0.824. The highest BCUT2D eigenvalue weighted by molar-refractivity contribution is 5.83. The Balaban J connectivity index is 1.62. The first-order chi connectivity index (χ1) is 12.4. The van der Waals surface area contributed by atoms with Gasteiger partial charge >= 0.3 is 0 Å². The molecule has 0 saturated carbocycles. The summed E-state index contributed by atoms with van der Waals surface area (Å²) in [6, 6.07) is 8.00. The van der Waals surface area contributed by atoms with E-state index in [-0.39, 0.29) is 11.9 Å². The van der Waals surface area contributed by atoms with E-state index in [2.05, 4.69) is 29.2 Å². The molecule has 6 nitrogen and oxygen atoms in total. The topological polar surface area (TPSA) is 62.5 Å². The fourth-order valence-corrected chi connectivity index (χ4v) is 3.71. The lowest BCUT2D eigenvalue weighted by atomic mass is 9.92. The van der Waals surface area contributed by atoms with Gasteiger partial charge < -0.3 is 9.42 Å². The van der Waals surface area contributed by atoms with Crippen LogP contribution in [0.4, 0.5) is 0 Å². The van der Waals surface area contributed by atoms with Gasteiger partial charge in [-0.2, -0.15) is 4.98 Å². The van der Waals surface area contributed by atoms with Crippen molar-refractivity contribution in [2.24, 2.45) is 5.92 Å². The SMILES string of the molecule is Cc1cccc([C@@H](C(=O)N2CCC(Cc3noc(C)n3)CC2)N(C)C)c1. The number of likely N-dealkylation sites (N-methyl/N-ethyl adjacent to an activating group) is 1. The van der Waals surface area contributed by atoms with E-state index in [0.29, 0.717) is 11.8 Å². The molecule has 0 unspecified atom stereocenters. The van der Waals surface area contributed by atoms with Crippen LogP contribution >= 0.6 is 0 Å². The second-order valence-corrected chi connectivity index (χ2v) is 7.48. The second-order valence-electron chi connectivity index (χ2n) is 7.48. The number of likely N-dealkylation sites (tertiary alicyclic amines) is 1. The summed E-state index contributed by atoms with van der Waals surface area (Å²) in [6.07, 6.45) is 2.79. The molecule has 1 aromatic carbocycles. The zero-order valence-corrected chi connectivity index (χ0v) is 16.1. The number of nitrogens with zero attached hydrogens (tertiary/aromatic N) is 4. The van der Waals surface area contributed by atoms with Crippen molar-refractivity contribution in [2.75, 3.05) is 27.2 Å². The Hall–Kier alpha value is -2.21. The molecule has 1 aromatic heterocycles. The number of hydrogen-bond donors (Lipinski definition) is 0. The average molecular weight is 356 g/mol. The Labute approximate surface area is 155 Å². The molecule has 0 aliphatic carbocycles. The minimum atomic E-state index is -0.230. The molecule has 1 saturated heterocycles. The first kappa shape index (κ1) is 18.6. The molecule has 2 aromatic rings. The maximum absolute atomic E-state index is 13.2. The molecule has 0 bridgehead atoms. The average Bonchev–Trinajstić information content (AvgIpc) is 3.00. The number of aryl methyl sites for hydroxylation is 2. The van der Waals surface area contributed by atoms with Crippen LogP contribution in [-0.2, 0) is 11.2 Å². The molecule has 6 heteroatoms. The lowest BCUT2D eigenvalue weighted by Gasteiger charge is -2.36. The van der Waals surface area contributed by atoms with E-state index in [0.717, 1.165) is 43.7 Å². The van der Waals surface area contributed by atoms with Crippen molar-refractivity contribution in [1.29, 1.82) is 0 Å². The normalized spacial score (nSPS) is 16.9. The van der Waals surface area contributed by atoms with Gasteiger partial charge in [-0.15, -0.1) is 0 Å². The van der Waals surface area contributed by atoms with Crippen LogP contribution in [0.2, 0.25) is 0 Å². The summed E-state index contributed by atoms with van der Waals surface area (Å²) in [7, 11) is 3.94. The van der Waals surface area contributed by atoms with Gasteiger partial charge in [-0.1, -0.05) is 35.0 Å². The maximum atomic E-state index is 13.2. The molecule has 1 aliphatic heterocycles. The Bertz CT molecular complexity index is 748. The van der Waals surface area contributed by atoms with Crippen LogP contribution in [0, 0.1) is 19.8 Å². The molecule has 1 aliphatic rings. The summed E-state index contributed by atoms with van der Waals surface area (Å²) in [4.78, 5) is 21.5. The number of rotatable bonds is 5. The van der Waals surface area contributed by atoms with Crippen molar-refractivity contribution in [3.63, 3.8) is 0 Å². The van der Waals surface area contributed by atoms with Gasteiger partial charge in [0.15, 0.2) is 5.82 Å². The Kier molecular flexibility index (Phi) is 5.71. The van der Waals surface area contributed by atoms with Crippen molar-refractivity contribution in [3.05, 3.63) is 47.1 Å². The molecule has 2 heterocycles. The lowest BCUT2D eigenvalue weighted by Crippen LogP contribution is -2.44. The molecular formula is C20H28N4O2. The van der Waals surface area contributed by atoms with E-state index in [1.54, 1.807) is 0 Å². The van der Waals surface area contributed by atoms with Crippen LogP contribution in [0.5, 0.6) is 0 Å².